The standard InChI is InChI=1S/C14H13ClN4O3S/c15-10-3-5-11(6-4-10)23(21,22)19-12-2-1-8-17-13(12)18(9-7-16)14(19)20/h1-6,8H,7,9,16H2. The van der Waals surface area contributed by atoms with Gasteiger partial charge in [-0.25, -0.2) is 18.2 Å². The number of hydrogen-bond acceptors (Lipinski definition) is 5. The van der Waals surface area contributed by atoms with E-state index in [1.807, 2.05) is 0 Å². The molecule has 0 radical (unpaired) electrons. The Balaban J connectivity index is 2.34. The summed E-state index contributed by atoms with van der Waals surface area (Å²) in [4.78, 5) is 16.7. The van der Waals surface area contributed by atoms with Crippen LogP contribution in [0, 0.1) is 0 Å². The first-order valence-corrected chi connectivity index (χ1v) is 8.56. The summed E-state index contributed by atoms with van der Waals surface area (Å²) in [5.41, 5.74) is 5.30. The van der Waals surface area contributed by atoms with E-state index >= 15 is 0 Å². The van der Waals surface area contributed by atoms with Gasteiger partial charge in [0, 0.05) is 24.3 Å². The number of aromatic nitrogens is 3. The van der Waals surface area contributed by atoms with Gasteiger partial charge < -0.3 is 5.73 Å². The Hall–Kier alpha value is -2.16. The van der Waals surface area contributed by atoms with Gasteiger partial charge in [-0.15, -0.1) is 0 Å². The number of fused-ring (bicyclic) bond motifs is 1. The van der Waals surface area contributed by atoms with Crippen LogP contribution in [0.3, 0.4) is 0 Å². The zero-order valence-corrected chi connectivity index (χ0v) is 13.5. The van der Waals surface area contributed by atoms with E-state index in [0.29, 0.717) is 5.02 Å². The van der Waals surface area contributed by atoms with Crippen LogP contribution in [0.4, 0.5) is 0 Å². The van der Waals surface area contributed by atoms with Gasteiger partial charge >= 0.3 is 5.69 Å². The summed E-state index contributed by atoms with van der Waals surface area (Å²) in [6.45, 7) is 0.367. The number of pyridine rings is 1. The maximum absolute atomic E-state index is 12.8. The molecule has 0 bridgehead atoms. The minimum atomic E-state index is -4.07. The van der Waals surface area contributed by atoms with E-state index in [2.05, 4.69) is 4.98 Å². The van der Waals surface area contributed by atoms with E-state index in [1.54, 1.807) is 6.07 Å². The highest BCUT2D eigenvalue weighted by molar-refractivity contribution is 7.90. The van der Waals surface area contributed by atoms with Gasteiger partial charge in [-0.2, -0.15) is 3.97 Å². The first-order chi connectivity index (χ1) is 11.0. The molecule has 0 fully saturated rings. The number of halogens is 1. The monoisotopic (exact) mass is 352 g/mol. The smallest absolute Gasteiger partial charge is 0.329 e. The Morgan fingerprint density at radius 1 is 1.17 bits per heavy atom. The second-order valence-electron chi connectivity index (χ2n) is 4.79. The van der Waals surface area contributed by atoms with E-state index in [0.717, 1.165) is 3.97 Å². The van der Waals surface area contributed by atoms with Crippen molar-refractivity contribution < 1.29 is 8.42 Å². The molecule has 0 aliphatic heterocycles. The number of rotatable bonds is 4. The molecule has 0 atom stereocenters. The molecule has 2 aromatic heterocycles. The number of nitrogens with zero attached hydrogens (tertiary/aromatic N) is 3. The number of imidazole rings is 1. The Morgan fingerprint density at radius 2 is 1.87 bits per heavy atom. The van der Waals surface area contributed by atoms with Gasteiger partial charge in [0.2, 0.25) is 0 Å². The van der Waals surface area contributed by atoms with Crippen molar-refractivity contribution in [2.24, 2.45) is 5.73 Å². The highest BCUT2D eigenvalue weighted by Crippen LogP contribution is 2.20. The lowest BCUT2D eigenvalue weighted by atomic mass is 10.4. The molecule has 120 valence electrons. The summed E-state index contributed by atoms with van der Waals surface area (Å²) < 4.78 is 27.7. The normalized spacial score (nSPS) is 11.9. The predicted octanol–water partition coefficient (Wildman–Crippen LogP) is 1.05. The molecule has 2 N–H and O–H groups in total. The maximum atomic E-state index is 12.8. The summed E-state index contributed by atoms with van der Waals surface area (Å²) in [6.07, 6.45) is 1.49. The first-order valence-electron chi connectivity index (χ1n) is 6.74. The van der Waals surface area contributed by atoms with E-state index in [1.165, 1.54) is 41.1 Å². The molecule has 0 spiro atoms. The van der Waals surface area contributed by atoms with E-state index in [4.69, 9.17) is 17.3 Å². The molecule has 23 heavy (non-hydrogen) atoms. The van der Waals surface area contributed by atoms with Crippen molar-refractivity contribution >= 4 is 32.8 Å². The fourth-order valence-electron chi connectivity index (χ4n) is 2.33. The van der Waals surface area contributed by atoms with Gasteiger partial charge in [-0.1, -0.05) is 11.6 Å². The van der Waals surface area contributed by atoms with Crippen molar-refractivity contribution in [2.75, 3.05) is 6.54 Å². The minimum Gasteiger partial charge on any atom is -0.329 e. The van der Waals surface area contributed by atoms with Crippen molar-refractivity contribution in [1.82, 2.24) is 13.5 Å². The van der Waals surface area contributed by atoms with Crippen molar-refractivity contribution in [3.8, 4) is 0 Å². The summed E-state index contributed by atoms with van der Waals surface area (Å²) in [6, 6.07) is 8.72. The van der Waals surface area contributed by atoms with Crippen LogP contribution in [-0.2, 0) is 16.6 Å². The van der Waals surface area contributed by atoms with Gasteiger partial charge in [-0.3, -0.25) is 4.57 Å². The molecule has 0 amide bonds. The van der Waals surface area contributed by atoms with Crippen molar-refractivity contribution in [1.29, 1.82) is 0 Å². The Bertz CT molecular complexity index is 1020. The molecule has 1 aromatic carbocycles. The lowest BCUT2D eigenvalue weighted by molar-refractivity contribution is 0.583. The van der Waals surface area contributed by atoms with Crippen molar-refractivity contribution in [2.45, 2.75) is 11.4 Å². The topological polar surface area (TPSA) is 100.0 Å². The minimum absolute atomic E-state index is 0.0281. The lowest BCUT2D eigenvalue weighted by Crippen LogP contribution is -2.31. The van der Waals surface area contributed by atoms with Gasteiger partial charge in [0.1, 0.15) is 5.52 Å². The molecule has 7 nitrogen and oxygen atoms in total. The third-order valence-electron chi connectivity index (χ3n) is 3.35. The zero-order chi connectivity index (χ0) is 16.6. The number of benzene rings is 1. The third kappa shape index (κ3) is 2.54. The number of nitrogens with two attached hydrogens (primary N) is 1. The molecule has 9 heteroatoms. The van der Waals surface area contributed by atoms with Crippen LogP contribution in [0.15, 0.2) is 52.3 Å². The summed E-state index contributed by atoms with van der Waals surface area (Å²) in [7, 11) is -4.07. The molecule has 0 aliphatic rings. The van der Waals surface area contributed by atoms with Crippen molar-refractivity contribution in [3.63, 3.8) is 0 Å². The second-order valence-corrected chi connectivity index (χ2v) is 7.02. The van der Waals surface area contributed by atoms with E-state index in [-0.39, 0.29) is 29.1 Å². The van der Waals surface area contributed by atoms with Crippen molar-refractivity contribution in [3.05, 3.63) is 58.1 Å². The van der Waals surface area contributed by atoms with Gasteiger partial charge in [-0.05, 0) is 36.4 Å². The quantitative estimate of drug-likeness (QED) is 0.756. The third-order valence-corrected chi connectivity index (χ3v) is 5.30. The Kier molecular flexibility index (Phi) is 3.97. The van der Waals surface area contributed by atoms with Crippen LogP contribution in [0.1, 0.15) is 0 Å². The van der Waals surface area contributed by atoms with Crippen LogP contribution >= 0.6 is 11.6 Å². The molecule has 2 heterocycles. The average Bonchev–Trinajstić information content (AvgIpc) is 2.81. The summed E-state index contributed by atoms with van der Waals surface area (Å²) in [5, 5.41) is 0.406. The van der Waals surface area contributed by atoms with E-state index in [9.17, 15) is 13.2 Å². The first kappa shape index (κ1) is 15.7. The van der Waals surface area contributed by atoms with Crippen LogP contribution < -0.4 is 11.4 Å². The molecule has 0 unspecified atom stereocenters. The fraction of sp³-hybridized carbons (Fsp3) is 0.143. The second kappa shape index (κ2) is 5.80. The molecule has 0 aliphatic carbocycles. The van der Waals surface area contributed by atoms with Gasteiger partial charge in [0.25, 0.3) is 10.0 Å². The van der Waals surface area contributed by atoms with Crippen LogP contribution in [0.2, 0.25) is 5.02 Å². The Labute approximate surface area is 137 Å². The highest BCUT2D eigenvalue weighted by atomic mass is 35.5. The maximum Gasteiger partial charge on any atom is 0.344 e. The Morgan fingerprint density at radius 3 is 2.52 bits per heavy atom. The molecule has 3 rings (SSSR count). The van der Waals surface area contributed by atoms with Crippen LogP contribution in [-0.4, -0.2) is 28.5 Å². The fourth-order valence-corrected chi connectivity index (χ4v) is 3.86. The van der Waals surface area contributed by atoms with Crippen LogP contribution in [0.5, 0.6) is 0 Å². The van der Waals surface area contributed by atoms with Gasteiger partial charge in [0.05, 0.1) is 4.90 Å². The molecule has 3 aromatic rings. The summed E-state index contributed by atoms with van der Waals surface area (Å²) in [5.74, 6) is 0. The highest BCUT2D eigenvalue weighted by Gasteiger charge is 2.25. The molecule has 0 saturated carbocycles. The molecule has 0 saturated heterocycles. The predicted molar refractivity (Wildman–Crippen MR) is 87.1 cm³/mol. The lowest BCUT2D eigenvalue weighted by Gasteiger charge is -2.05. The zero-order valence-electron chi connectivity index (χ0n) is 11.9. The molecular weight excluding hydrogens is 340 g/mol. The van der Waals surface area contributed by atoms with E-state index < -0.39 is 15.7 Å². The van der Waals surface area contributed by atoms with Gasteiger partial charge in [0.15, 0.2) is 5.65 Å². The average molecular weight is 353 g/mol. The SMILES string of the molecule is NCCn1c(=O)n(S(=O)(=O)c2ccc(Cl)cc2)c2cccnc21. The number of hydrogen-bond donors (Lipinski definition) is 1. The summed E-state index contributed by atoms with van der Waals surface area (Å²) >= 11 is 5.79. The largest absolute Gasteiger partial charge is 0.344 e. The van der Waals surface area contributed by atoms with Crippen LogP contribution in [0.25, 0.3) is 11.2 Å². The molecular formula is C14H13ClN4O3S.